The number of thioether (sulfide) groups is 1. The first-order valence-corrected chi connectivity index (χ1v) is 5.04. The first kappa shape index (κ1) is 8.19. The molecular formula is C7H12N2O2S. The highest BCUT2D eigenvalue weighted by molar-refractivity contribution is 8.00. The van der Waals surface area contributed by atoms with E-state index in [1.54, 1.807) is 23.7 Å². The van der Waals surface area contributed by atoms with Crippen molar-refractivity contribution in [3.8, 4) is 0 Å². The first-order valence-electron chi connectivity index (χ1n) is 4.00. The van der Waals surface area contributed by atoms with Gasteiger partial charge in [-0.25, -0.2) is 4.79 Å². The van der Waals surface area contributed by atoms with Gasteiger partial charge >= 0.3 is 6.03 Å². The van der Waals surface area contributed by atoms with Gasteiger partial charge < -0.3 is 15.3 Å². The summed E-state index contributed by atoms with van der Waals surface area (Å²) in [4.78, 5) is 12.9. The number of hydrogen-bond donors (Lipinski definition) is 2. The van der Waals surface area contributed by atoms with Gasteiger partial charge in [0.2, 0.25) is 0 Å². The van der Waals surface area contributed by atoms with E-state index >= 15 is 0 Å². The van der Waals surface area contributed by atoms with Gasteiger partial charge in [-0.1, -0.05) is 0 Å². The SMILES string of the molecule is CN1C(=O)N[C@@H]2[C@H](CO)SC[C@@H]21. The molecule has 3 atom stereocenters. The molecule has 0 aromatic heterocycles. The monoisotopic (exact) mass is 188 g/mol. The molecule has 0 spiro atoms. The van der Waals surface area contributed by atoms with Crippen LogP contribution in [-0.2, 0) is 0 Å². The quantitative estimate of drug-likeness (QED) is 0.545. The summed E-state index contributed by atoms with van der Waals surface area (Å²) in [6.07, 6.45) is 0. The van der Waals surface area contributed by atoms with E-state index in [1.165, 1.54) is 0 Å². The predicted molar refractivity (Wildman–Crippen MR) is 47.2 cm³/mol. The number of amides is 2. The highest BCUT2D eigenvalue weighted by atomic mass is 32.2. The van der Waals surface area contributed by atoms with E-state index in [0.29, 0.717) is 0 Å². The lowest BCUT2D eigenvalue weighted by Gasteiger charge is -2.15. The topological polar surface area (TPSA) is 52.6 Å². The van der Waals surface area contributed by atoms with Gasteiger partial charge in [0.15, 0.2) is 0 Å². The van der Waals surface area contributed by atoms with Gasteiger partial charge in [0, 0.05) is 12.8 Å². The minimum atomic E-state index is -0.0104. The average Bonchev–Trinajstić information content (AvgIpc) is 2.55. The van der Waals surface area contributed by atoms with Crippen molar-refractivity contribution >= 4 is 17.8 Å². The van der Waals surface area contributed by atoms with Crippen molar-refractivity contribution in [3.63, 3.8) is 0 Å². The molecule has 2 aliphatic rings. The molecule has 0 radical (unpaired) electrons. The molecule has 68 valence electrons. The molecule has 2 fully saturated rings. The Hall–Kier alpha value is -0.420. The van der Waals surface area contributed by atoms with E-state index in [2.05, 4.69) is 5.32 Å². The number of nitrogens with one attached hydrogen (secondary N) is 1. The molecule has 2 heterocycles. The van der Waals surface area contributed by atoms with Gasteiger partial charge in [-0.05, 0) is 0 Å². The zero-order valence-electron chi connectivity index (χ0n) is 6.86. The molecule has 0 unspecified atom stereocenters. The van der Waals surface area contributed by atoms with E-state index in [1.807, 2.05) is 0 Å². The number of urea groups is 1. The second kappa shape index (κ2) is 2.81. The minimum Gasteiger partial charge on any atom is -0.395 e. The van der Waals surface area contributed by atoms with Crippen molar-refractivity contribution in [2.45, 2.75) is 17.3 Å². The molecule has 2 aliphatic heterocycles. The summed E-state index contributed by atoms with van der Waals surface area (Å²) in [5, 5.41) is 12.1. The smallest absolute Gasteiger partial charge is 0.317 e. The van der Waals surface area contributed by atoms with Gasteiger partial charge in [0.05, 0.1) is 23.9 Å². The van der Waals surface area contributed by atoms with E-state index in [4.69, 9.17) is 5.11 Å². The van der Waals surface area contributed by atoms with Crippen molar-refractivity contribution in [1.29, 1.82) is 0 Å². The Balaban J connectivity index is 2.13. The number of fused-ring (bicyclic) bond motifs is 1. The zero-order valence-corrected chi connectivity index (χ0v) is 7.67. The fraction of sp³-hybridized carbons (Fsp3) is 0.857. The van der Waals surface area contributed by atoms with Gasteiger partial charge in [-0.2, -0.15) is 11.8 Å². The van der Waals surface area contributed by atoms with Crippen LogP contribution in [0.2, 0.25) is 0 Å². The number of hydrogen-bond acceptors (Lipinski definition) is 3. The summed E-state index contributed by atoms with van der Waals surface area (Å²) in [6, 6.07) is 0.417. The number of nitrogens with zero attached hydrogens (tertiary/aromatic N) is 1. The fourth-order valence-electron chi connectivity index (χ4n) is 1.78. The molecule has 2 rings (SSSR count). The van der Waals surface area contributed by atoms with Crippen LogP contribution in [0.3, 0.4) is 0 Å². The maximum Gasteiger partial charge on any atom is 0.317 e. The first-order chi connectivity index (χ1) is 5.74. The van der Waals surface area contributed by atoms with E-state index < -0.39 is 0 Å². The second-order valence-corrected chi connectivity index (χ2v) is 4.48. The lowest BCUT2D eigenvalue weighted by Crippen LogP contribution is -2.38. The zero-order chi connectivity index (χ0) is 8.72. The summed E-state index contributed by atoms with van der Waals surface area (Å²) in [5.74, 6) is 0.936. The summed E-state index contributed by atoms with van der Waals surface area (Å²) in [7, 11) is 1.81. The van der Waals surface area contributed by atoms with E-state index in [9.17, 15) is 4.79 Å². The van der Waals surface area contributed by atoms with Crippen LogP contribution in [0, 0.1) is 0 Å². The van der Waals surface area contributed by atoms with E-state index in [0.717, 1.165) is 5.75 Å². The largest absolute Gasteiger partial charge is 0.395 e. The maximum absolute atomic E-state index is 11.2. The van der Waals surface area contributed by atoms with Crippen molar-refractivity contribution in [1.82, 2.24) is 10.2 Å². The Morgan fingerprint density at radius 3 is 3.25 bits per heavy atom. The normalized spacial score (nSPS) is 40.0. The summed E-state index contributed by atoms with van der Waals surface area (Å²) >= 11 is 1.73. The molecular weight excluding hydrogens is 176 g/mol. The molecule has 2 saturated heterocycles. The molecule has 4 nitrogen and oxygen atoms in total. The Morgan fingerprint density at radius 1 is 1.83 bits per heavy atom. The summed E-state index contributed by atoms with van der Waals surface area (Å²) in [5.41, 5.74) is 0. The summed E-state index contributed by atoms with van der Waals surface area (Å²) in [6.45, 7) is 0.153. The van der Waals surface area contributed by atoms with Crippen LogP contribution in [0.1, 0.15) is 0 Å². The summed E-state index contributed by atoms with van der Waals surface area (Å²) < 4.78 is 0. The molecule has 0 aliphatic carbocycles. The Labute approximate surface area is 75.3 Å². The fourth-order valence-corrected chi connectivity index (χ4v) is 3.22. The predicted octanol–water partition coefficient (Wildman–Crippen LogP) is -0.514. The number of carbonyl (C=O) groups is 1. The number of aliphatic hydroxyl groups is 1. The highest BCUT2D eigenvalue weighted by Crippen LogP contribution is 2.32. The molecule has 0 aromatic carbocycles. The third-order valence-electron chi connectivity index (χ3n) is 2.58. The third-order valence-corrected chi connectivity index (χ3v) is 3.99. The van der Waals surface area contributed by atoms with Crippen LogP contribution >= 0.6 is 11.8 Å². The number of carbonyl (C=O) groups excluding carboxylic acids is 1. The molecule has 2 amide bonds. The van der Waals surface area contributed by atoms with Gasteiger partial charge in [0.25, 0.3) is 0 Å². The van der Waals surface area contributed by atoms with E-state index in [-0.39, 0.29) is 30.0 Å². The Bertz CT molecular complexity index is 212. The molecule has 12 heavy (non-hydrogen) atoms. The second-order valence-electron chi connectivity index (χ2n) is 3.21. The standard InChI is InChI=1S/C7H12N2O2S/c1-9-4-3-12-5(2-10)6(4)8-7(9)11/h4-6,10H,2-3H2,1H3,(H,8,11)/t4-,5-,6-/m0/s1. The molecule has 2 N–H and O–H groups in total. The van der Waals surface area contributed by atoms with Crippen LogP contribution in [-0.4, -0.2) is 52.8 Å². The lowest BCUT2D eigenvalue weighted by molar-refractivity contribution is 0.218. The van der Waals surface area contributed by atoms with Gasteiger partial charge in [0.1, 0.15) is 0 Å². The lowest BCUT2D eigenvalue weighted by atomic mass is 10.1. The highest BCUT2D eigenvalue weighted by Gasteiger charge is 2.46. The van der Waals surface area contributed by atoms with Crippen LogP contribution in [0.4, 0.5) is 4.79 Å². The van der Waals surface area contributed by atoms with Crippen molar-refractivity contribution in [2.75, 3.05) is 19.4 Å². The average molecular weight is 188 g/mol. The number of aliphatic hydroxyl groups excluding tert-OH is 1. The van der Waals surface area contributed by atoms with Crippen LogP contribution < -0.4 is 5.32 Å². The molecule has 0 bridgehead atoms. The molecule has 0 saturated carbocycles. The van der Waals surface area contributed by atoms with Crippen molar-refractivity contribution < 1.29 is 9.90 Å². The molecule has 5 heteroatoms. The van der Waals surface area contributed by atoms with Crippen LogP contribution in [0.25, 0.3) is 0 Å². The van der Waals surface area contributed by atoms with Crippen LogP contribution in [0.5, 0.6) is 0 Å². The minimum absolute atomic E-state index is 0.0104. The van der Waals surface area contributed by atoms with Crippen LogP contribution in [0.15, 0.2) is 0 Å². The number of likely N-dealkylation sites (N-methyl/N-ethyl adjacent to an activating group) is 1. The van der Waals surface area contributed by atoms with Gasteiger partial charge in [-0.15, -0.1) is 0 Å². The van der Waals surface area contributed by atoms with Gasteiger partial charge in [-0.3, -0.25) is 0 Å². The maximum atomic E-state index is 11.2. The Kier molecular flexibility index (Phi) is 1.92. The molecule has 0 aromatic rings. The Morgan fingerprint density at radius 2 is 2.58 bits per heavy atom. The van der Waals surface area contributed by atoms with Crippen molar-refractivity contribution in [3.05, 3.63) is 0 Å². The third kappa shape index (κ3) is 0.998. The van der Waals surface area contributed by atoms with Crippen molar-refractivity contribution in [2.24, 2.45) is 0 Å². The number of rotatable bonds is 1.